The van der Waals surface area contributed by atoms with Crippen LogP contribution in [0.1, 0.15) is 25.0 Å². The van der Waals surface area contributed by atoms with E-state index >= 15 is 0 Å². The molecule has 1 nitrogen and oxygen atoms in total. The van der Waals surface area contributed by atoms with Gasteiger partial charge in [-0.25, -0.2) is 0 Å². The van der Waals surface area contributed by atoms with Crippen LogP contribution in [0.15, 0.2) is 23.6 Å². The zero-order valence-electron chi connectivity index (χ0n) is 8.03. The Bertz CT molecular complexity index is 452. The Morgan fingerprint density at radius 1 is 1.36 bits per heavy atom. The van der Waals surface area contributed by atoms with E-state index in [-0.39, 0.29) is 5.78 Å². The summed E-state index contributed by atoms with van der Waals surface area (Å²) in [6.45, 7) is 4.02. The first-order valence-electron chi connectivity index (χ1n) is 4.33. The van der Waals surface area contributed by atoms with E-state index in [0.717, 1.165) is 15.3 Å². The summed E-state index contributed by atoms with van der Waals surface area (Å²) in [6, 6.07) is 5.85. The summed E-state index contributed by atoms with van der Waals surface area (Å²) in [5.74, 6) is 0.163. The molecular formula is C11H10OS2. The fourth-order valence-electron chi connectivity index (χ4n) is 1.39. The third-order valence-electron chi connectivity index (χ3n) is 1.99. The Morgan fingerprint density at radius 2 is 2.14 bits per heavy atom. The van der Waals surface area contributed by atoms with Crippen molar-refractivity contribution in [3.05, 3.63) is 43.8 Å². The summed E-state index contributed by atoms with van der Waals surface area (Å²) in [7, 11) is 0. The lowest BCUT2D eigenvalue weighted by molar-refractivity contribution is 0.104. The second kappa shape index (κ2) is 3.67. The van der Waals surface area contributed by atoms with Gasteiger partial charge in [-0.15, -0.1) is 22.7 Å². The quantitative estimate of drug-likeness (QED) is 0.709. The van der Waals surface area contributed by atoms with Gasteiger partial charge in [-0.3, -0.25) is 4.79 Å². The second-order valence-electron chi connectivity index (χ2n) is 3.18. The van der Waals surface area contributed by atoms with E-state index in [9.17, 15) is 4.79 Å². The summed E-state index contributed by atoms with van der Waals surface area (Å²) >= 11 is 3.08. The highest BCUT2D eigenvalue weighted by Crippen LogP contribution is 2.25. The van der Waals surface area contributed by atoms with E-state index in [0.29, 0.717) is 0 Å². The lowest BCUT2D eigenvalue weighted by Crippen LogP contribution is -1.96. The topological polar surface area (TPSA) is 17.1 Å². The average molecular weight is 222 g/mol. The van der Waals surface area contributed by atoms with E-state index < -0.39 is 0 Å². The molecule has 3 heteroatoms. The molecular weight excluding hydrogens is 212 g/mol. The summed E-state index contributed by atoms with van der Waals surface area (Å²) in [5, 5.41) is 1.93. The molecule has 2 aromatic rings. The molecule has 2 rings (SSSR count). The molecule has 0 saturated heterocycles. The number of carbonyl (C=O) groups excluding carboxylic acids is 1. The number of thiophene rings is 2. The molecule has 14 heavy (non-hydrogen) atoms. The maximum Gasteiger partial charge on any atom is 0.213 e. The molecule has 0 atom stereocenters. The molecule has 0 N–H and O–H groups in total. The highest BCUT2D eigenvalue weighted by molar-refractivity contribution is 7.16. The fraction of sp³-hybridized carbons (Fsp3) is 0.182. The SMILES string of the molecule is Cc1cc(C)c(C(=O)c2cccs2)s1. The van der Waals surface area contributed by atoms with Crippen LogP contribution in [0.3, 0.4) is 0 Å². The van der Waals surface area contributed by atoms with Crippen LogP contribution in [-0.2, 0) is 0 Å². The van der Waals surface area contributed by atoms with Crippen LogP contribution in [0.4, 0.5) is 0 Å². The molecule has 0 aliphatic heterocycles. The van der Waals surface area contributed by atoms with Crippen LogP contribution >= 0.6 is 22.7 Å². The van der Waals surface area contributed by atoms with E-state index in [1.807, 2.05) is 31.4 Å². The van der Waals surface area contributed by atoms with Gasteiger partial charge in [0.15, 0.2) is 0 Å². The van der Waals surface area contributed by atoms with Crippen LogP contribution in [0, 0.1) is 13.8 Å². The van der Waals surface area contributed by atoms with Crippen molar-refractivity contribution < 1.29 is 4.79 Å². The maximum absolute atomic E-state index is 12.0. The number of hydrogen-bond acceptors (Lipinski definition) is 3. The Morgan fingerprint density at radius 3 is 2.64 bits per heavy atom. The lowest BCUT2D eigenvalue weighted by atomic mass is 10.2. The average Bonchev–Trinajstić information content (AvgIpc) is 2.73. The van der Waals surface area contributed by atoms with Gasteiger partial charge in [0.25, 0.3) is 0 Å². The molecule has 0 aromatic carbocycles. The molecule has 0 bridgehead atoms. The van der Waals surface area contributed by atoms with Crippen molar-refractivity contribution in [2.24, 2.45) is 0 Å². The van der Waals surface area contributed by atoms with Gasteiger partial charge in [-0.1, -0.05) is 6.07 Å². The minimum absolute atomic E-state index is 0.163. The van der Waals surface area contributed by atoms with E-state index in [1.54, 1.807) is 11.3 Å². The molecule has 2 aromatic heterocycles. The van der Waals surface area contributed by atoms with Crippen LogP contribution < -0.4 is 0 Å². The first-order chi connectivity index (χ1) is 6.68. The fourth-order valence-corrected chi connectivity index (χ4v) is 3.10. The minimum Gasteiger partial charge on any atom is -0.287 e. The summed E-state index contributed by atoms with van der Waals surface area (Å²) < 4.78 is 0. The first kappa shape index (κ1) is 9.62. The lowest BCUT2D eigenvalue weighted by Gasteiger charge is -1.94. The number of carbonyl (C=O) groups is 1. The van der Waals surface area contributed by atoms with Crippen LogP contribution in [0.5, 0.6) is 0 Å². The van der Waals surface area contributed by atoms with E-state index in [2.05, 4.69) is 6.07 Å². The van der Waals surface area contributed by atoms with E-state index in [4.69, 9.17) is 0 Å². The zero-order valence-corrected chi connectivity index (χ0v) is 9.67. The highest BCUT2D eigenvalue weighted by Gasteiger charge is 2.14. The summed E-state index contributed by atoms with van der Waals surface area (Å²) in [5.41, 5.74) is 1.09. The number of ketones is 1. The summed E-state index contributed by atoms with van der Waals surface area (Å²) in [4.78, 5) is 14.9. The van der Waals surface area contributed by atoms with Crippen molar-refractivity contribution in [3.63, 3.8) is 0 Å². The molecule has 0 radical (unpaired) electrons. The standard InChI is InChI=1S/C11H10OS2/c1-7-6-8(2)14-11(7)10(12)9-4-3-5-13-9/h3-6H,1-2H3. The highest BCUT2D eigenvalue weighted by atomic mass is 32.1. The predicted octanol–water partition coefficient (Wildman–Crippen LogP) is 3.66. The van der Waals surface area contributed by atoms with Crippen LogP contribution in [0.2, 0.25) is 0 Å². The van der Waals surface area contributed by atoms with Gasteiger partial charge in [0.05, 0.1) is 9.75 Å². The van der Waals surface area contributed by atoms with Crippen molar-refractivity contribution in [2.45, 2.75) is 13.8 Å². The molecule has 0 amide bonds. The van der Waals surface area contributed by atoms with Gasteiger partial charge >= 0.3 is 0 Å². The van der Waals surface area contributed by atoms with Crippen molar-refractivity contribution in [1.29, 1.82) is 0 Å². The Hall–Kier alpha value is -0.930. The van der Waals surface area contributed by atoms with Gasteiger partial charge in [-0.05, 0) is 36.9 Å². The Balaban J connectivity index is 2.41. The normalized spacial score (nSPS) is 10.4. The molecule has 0 unspecified atom stereocenters. The number of hydrogen-bond donors (Lipinski definition) is 0. The third kappa shape index (κ3) is 1.65. The van der Waals surface area contributed by atoms with Gasteiger partial charge in [0.2, 0.25) is 5.78 Å². The Kier molecular flexibility index (Phi) is 2.52. The van der Waals surface area contributed by atoms with Crippen molar-refractivity contribution in [1.82, 2.24) is 0 Å². The van der Waals surface area contributed by atoms with Gasteiger partial charge in [0, 0.05) is 4.88 Å². The minimum atomic E-state index is 0.163. The first-order valence-corrected chi connectivity index (χ1v) is 6.03. The van der Waals surface area contributed by atoms with Gasteiger partial charge in [-0.2, -0.15) is 0 Å². The summed E-state index contributed by atoms with van der Waals surface area (Å²) in [6.07, 6.45) is 0. The maximum atomic E-state index is 12.0. The zero-order chi connectivity index (χ0) is 10.1. The van der Waals surface area contributed by atoms with Gasteiger partial charge < -0.3 is 0 Å². The second-order valence-corrected chi connectivity index (χ2v) is 5.38. The third-order valence-corrected chi connectivity index (χ3v) is 4.01. The largest absolute Gasteiger partial charge is 0.287 e. The molecule has 0 spiro atoms. The molecule has 0 aliphatic rings. The number of rotatable bonds is 2. The molecule has 0 aliphatic carbocycles. The predicted molar refractivity (Wildman–Crippen MR) is 61.5 cm³/mol. The molecule has 0 fully saturated rings. The van der Waals surface area contributed by atoms with Crippen molar-refractivity contribution in [3.8, 4) is 0 Å². The Labute approximate surface area is 91.0 Å². The van der Waals surface area contributed by atoms with E-state index in [1.165, 1.54) is 16.2 Å². The van der Waals surface area contributed by atoms with Crippen molar-refractivity contribution in [2.75, 3.05) is 0 Å². The molecule has 72 valence electrons. The smallest absolute Gasteiger partial charge is 0.213 e. The van der Waals surface area contributed by atoms with Gasteiger partial charge in [0.1, 0.15) is 0 Å². The number of aryl methyl sites for hydroxylation is 2. The molecule has 2 heterocycles. The molecule has 0 saturated carbocycles. The van der Waals surface area contributed by atoms with Crippen LogP contribution in [0.25, 0.3) is 0 Å². The van der Waals surface area contributed by atoms with Crippen LogP contribution in [-0.4, -0.2) is 5.78 Å². The van der Waals surface area contributed by atoms with Crippen molar-refractivity contribution >= 4 is 28.5 Å². The monoisotopic (exact) mass is 222 g/mol.